The summed E-state index contributed by atoms with van der Waals surface area (Å²) < 4.78 is 5.36. The van der Waals surface area contributed by atoms with Crippen molar-refractivity contribution >= 4 is 34.3 Å². The van der Waals surface area contributed by atoms with Crippen molar-refractivity contribution in [3.8, 4) is 5.75 Å². The molecule has 1 N–H and O–H groups in total. The quantitative estimate of drug-likeness (QED) is 0.855. The Bertz CT molecular complexity index is 602. The molecule has 0 saturated carbocycles. The van der Waals surface area contributed by atoms with Crippen LogP contribution in [0.5, 0.6) is 5.75 Å². The smallest absolute Gasteiger partial charge is 0.323 e. The van der Waals surface area contributed by atoms with E-state index in [1.807, 2.05) is 29.8 Å². The lowest BCUT2D eigenvalue weighted by molar-refractivity contribution is 0.220. The van der Waals surface area contributed by atoms with E-state index in [1.54, 1.807) is 37.0 Å². The number of carbonyl (C=O) groups excluding carboxylic acids is 1. The molecule has 112 valence electrons. The number of rotatable bonds is 5. The fourth-order valence-corrected chi connectivity index (χ4v) is 2.86. The predicted molar refractivity (Wildman–Crippen MR) is 87.4 cm³/mol. The molecule has 0 radical (unpaired) electrons. The van der Waals surface area contributed by atoms with E-state index in [0.717, 1.165) is 16.2 Å². The summed E-state index contributed by atoms with van der Waals surface area (Å²) in [4.78, 5) is 18.8. The number of thioether (sulfide) groups is 1. The predicted octanol–water partition coefficient (Wildman–Crippen LogP) is 3.54. The summed E-state index contributed by atoms with van der Waals surface area (Å²) in [6.45, 7) is 0.502. The van der Waals surface area contributed by atoms with Crippen LogP contribution in [0.15, 0.2) is 34.7 Å². The Morgan fingerprint density at radius 1 is 1.52 bits per heavy atom. The van der Waals surface area contributed by atoms with E-state index < -0.39 is 0 Å². The molecular formula is C14H17N3O2S2. The highest BCUT2D eigenvalue weighted by Gasteiger charge is 2.12. The Kier molecular flexibility index (Phi) is 5.46. The molecule has 0 bridgehead atoms. The van der Waals surface area contributed by atoms with Crippen LogP contribution >= 0.6 is 23.1 Å². The van der Waals surface area contributed by atoms with E-state index in [2.05, 4.69) is 10.3 Å². The first kappa shape index (κ1) is 15.7. The molecule has 0 aliphatic rings. The summed E-state index contributed by atoms with van der Waals surface area (Å²) in [5.74, 6) is 0.828. The topological polar surface area (TPSA) is 54.5 Å². The maximum Gasteiger partial charge on any atom is 0.323 e. The molecule has 0 saturated heterocycles. The summed E-state index contributed by atoms with van der Waals surface area (Å²) in [6, 6.07) is 5.78. The van der Waals surface area contributed by atoms with Gasteiger partial charge in [-0.3, -0.25) is 5.32 Å². The van der Waals surface area contributed by atoms with Crippen LogP contribution in [0, 0.1) is 0 Å². The number of nitrogens with one attached hydrogen (secondary N) is 1. The van der Waals surface area contributed by atoms with Crippen LogP contribution in [0.25, 0.3) is 0 Å². The number of thiazole rings is 1. The van der Waals surface area contributed by atoms with Gasteiger partial charge in [0.1, 0.15) is 5.75 Å². The summed E-state index contributed by atoms with van der Waals surface area (Å²) in [6.07, 6.45) is 3.66. The summed E-state index contributed by atoms with van der Waals surface area (Å²) in [7, 11) is 3.40. The van der Waals surface area contributed by atoms with Gasteiger partial charge >= 0.3 is 6.03 Å². The fraction of sp³-hybridized carbons (Fsp3) is 0.286. The lowest BCUT2D eigenvalue weighted by Crippen LogP contribution is -2.30. The molecule has 1 aromatic heterocycles. The van der Waals surface area contributed by atoms with Gasteiger partial charge in [0.15, 0.2) is 5.13 Å². The molecule has 2 rings (SSSR count). The van der Waals surface area contributed by atoms with Crippen molar-refractivity contribution in [3.05, 3.63) is 35.3 Å². The molecule has 7 heteroatoms. The zero-order valence-electron chi connectivity index (χ0n) is 12.1. The fourth-order valence-electron chi connectivity index (χ4n) is 1.80. The molecule has 1 heterocycles. The Morgan fingerprint density at radius 3 is 2.95 bits per heavy atom. The average molecular weight is 323 g/mol. The first-order valence-electron chi connectivity index (χ1n) is 6.26. The Hall–Kier alpha value is -1.73. The third kappa shape index (κ3) is 4.12. The van der Waals surface area contributed by atoms with Gasteiger partial charge in [0, 0.05) is 30.1 Å². The van der Waals surface area contributed by atoms with Crippen molar-refractivity contribution in [1.29, 1.82) is 0 Å². The Labute approximate surface area is 132 Å². The molecule has 0 unspecified atom stereocenters. The van der Waals surface area contributed by atoms with Crippen LogP contribution in [-0.2, 0) is 6.54 Å². The number of carbonyl (C=O) groups is 1. The number of benzene rings is 1. The number of nitrogens with zero attached hydrogens (tertiary/aromatic N) is 2. The van der Waals surface area contributed by atoms with Crippen LogP contribution < -0.4 is 10.1 Å². The van der Waals surface area contributed by atoms with Crippen molar-refractivity contribution < 1.29 is 9.53 Å². The van der Waals surface area contributed by atoms with Gasteiger partial charge in [0.05, 0.1) is 7.11 Å². The van der Waals surface area contributed by atoms with Crippen LogP contribution in [-0.4, -0.2) is 36.3 Å². The monoisotopic (exact) mass is 323 g/mol. The second-order valence-electron chi connectivity index (χ2n) is 4.31. The molecule has 2 aromatic rings. The number of methoxy groups -OCH3 is 1. The molecular weight excluding hydrogens is 306 g/mol. The maximum absolute atomic E-state index is 12.0. The van der Waals surface area contributed by atoms with Crippen molar-refractivity contribution in [2.24, 2.45) is 0 Å². The van der Waals surface area contributed by atoms with Crippen LogP contribution in [0.1, 0.15) is 5.56 Å². The van der Waals surface area contributed by atoms with Crippen LogP contribution in [0.3, 0.4) is 0 Å². The van der Waals surface area contributed by atoms with Crippen molar-refractivity contribution in [2.75, 3.05) is 25.7 Å². The molecule has 21 heavy (non-hydrogen) atoms. The largest absolute Gasteiger partial charge is 0.496 e. The second kappa shape index (κ2) is 7.33. The van der Waals surface area contributed by atoms with E-state index in [0.29, 0.717) is 11.7 Å². The standard InChI is InChI=1S/C14H17N3O2S2/c1-17(14(18)16-13-15-6-7-21-13)9-10-4-5-12(20-3)11(8-10)19-2/h4-8H,9H2,1-3H3,(H,15,16,18). The zero-order chi connectivity index (χ0) is 15.2. The van der Waals surface area contributed by atoms with Crippen molar-refractivity contribution in [3.63, 3.8) is 0 Å². The minimum atomic E-state index is -0.183. The molecule has 5 nitrogen and oxygen atoms in total. The lowest BCUT2D eigenvalue weighted by atomic mass is 10.2. The zero-order valence-corrected chi connectivity index (χ0v) is 13.8. The van der Waals surface area contributed by atoms with E-state index in [9.17, 15) is 4.79 Å². The van der Waals surface area contributed by atoms with Gasteiger partial charge in [0.2, 0.25) is 0 Å². The number of amides is 2. The van der Waals surface area contributed by atoms with Crippen LogP contribution in [0.4, 0.5) is 9.93 Å². The van der Waals surface area contributed by atoms with Crippen LogP contribution in [0.2, 0.25) is 0 Å². The van der Waals surface area contributed by atoms with Gasteiger partial charge < -0.3 is 9.64 Å². The lowest BCUT2D eigenvalue weighted by Gasteiger charge is -2.18. The molecule has 0 aliphatic carbocycles. The van der Waals surface area contributed by atoms with Gasteiger partial charge in [-0.2, -0.15) is 0 Å². The molecule has 1 aromatic carbocycles. The maximum atomic E-state index is 12.0. The van der Waals surface area contributed by atoms with E-state index >= 15 is 0 Å². The number of urea groups is 1. The Morgan fingerprint density at radius 2 is 2.33 bits per heavy atom. The minimum absolute atomic E-state index is 0.183. The van der Waals surface area contributed by atoms with Gasteiger partial charge in [-0.25, -0.2) is 9.78 Å². The number of hydrogen-bond acceptors (Lipinski definition) is 5. The Balaban J connectivity index is 2.01. The van der Waals surface area contributed by atoms with Crippen molar-refractivity contribution in [2.45, 2.75) is 11.4 Å². The first-order valence-corrected chi connectivity index (χ1v) is 8.37. The van der Waals surface area contributed by atoms with E-state index in [4.69, 9.17) is 4.74 Å². The third-order valence-electron chi connectivity index (χ3n) is 2.86. The minimum Gasteiger partial charge on any atom is -0.496 e. The third-order valence-corrected chi connectivity index (χ3v) is 4.33. The summed E-state index contributed by atoms with van der Waals surface area (Å²) in [5.41, 5.74) is 1.02. The molecule has 0 atom stereocenters. The van der Waals surface area contributed by atoms with Gasteiger partial charge in [0.25, 0.3) is 0 Å². The highest BCUT2D eigenvalue weighted by molar-refractivity contribution is 7.98. The average Bonchev–Trinajstić information content (AvgIpc) is 2.99. The normalized spacial score (nSPS) is 10.2. The second-order valence-corrected chi connectivity index (χ2v) is 6.06. The number of hydrogen-bond donors (Lipinski definition) is 1. The first-order chi connectivity index (χ1) is 10.1. The number of ether oxygens (including phenoxy) is 1. The van der Waals surface area contributed by atoms with E-state index in [-0.39, 0.29) is 6.03 Å². The summed E-state index contributed by atoms with van der Waals surface area (Å²) >= 11 is 3.03. The van der Waals surface area contributed by atoms with Gasteiger partial charge in [-0.1, -0.05) is 6.07 Å². The molecule has 0 aliphatic heterocycles. The number of aromatic nitrogens is 1. The molecule has 2 amide bonds. The highest BCUT2D eigenvalue weighted by Crippen LogP contribution is 2.28. The van der Waals surface area contributed by atoms with Gasteiger partial charge in [-0.05, 0) is 24.0 Å². The van der Waals surface area contributed by atoms with Gasteiger partial charge in [-0.15, -0.1) is 23.1 Å². The SMILES string of the molecule is COc1cc(CN(C)C(=O)Nc2nccs2)ccc1SC. The highest BCUT2D eigenvalue weighted by atomic mass is 32.2. The number of anilines is 1. The molecule has 0 fully saturated rings. The van der Waals surface area contributed by atoms with Crippen molar-refractivity contribution in [1.82, 2.24) is 9.88 Å². The summed E-state index contributed by atoms with van der Waals surface area (Å²) in [5, 5.41) is 5.17. The van der Waals surface area contributed by atoms with E-state index in [1.165, 1.54) is 11.3 Å². The molecule has 0 spiro atoms.